The average Bonchev–Trinajstić information content (AvgIpc) is 2.26. The molecule has 0 amide bonds. The highest BCUT2D eigenvalue weighted by molar-refractivity contribution is 8.00. The highest BCUT2D eigenvalue weighted by Crippen LogP contribution is 2.27. The molecule has 0 radical (unpaired) electrons. The summed E-state index contributed by atoms with van der Waals surface area (Å²) >= 11 is 1.89. The van der Waals surface area contributed by atoms with E-state index in [1.165, 1.54) is 17.7 Å². The summed E-state index contributed by atoms with van der Waals surface area (Å²) in [6.07, 6.45) is 3.26. The summed E-state index contributed by atoms with van der Waals surface area (Å²) in [6.45, 7) is 4.42. The Kier molecular flexibility index (Phi) is 4.74. The quantitative estimate of drug-likeness (QED) is 0.541. The van der Waals surface area contributed by atoms with E-state index >= 15 is 0 Å². The predicted molar refractivity (Wildman–Crippen MR) is 62.1 cm³/mol. The molecule has 0 atom stereocenters. The van der Waals surface area contributed by atoms with Crippen LogP contribution in [0.1, 0.15) is 37.0 Å². The van der Waals surface area contributed by atoms with Gasteiger partial charge in [0.15, 0.2) is 0 Å². The third kappa shape index (κ3) is 3.18. The molecule has 0 aliphatic heterocycles. The van der Waals surface area contributed by atoms with Crippen LogP contribution in [0, 0.1) is 0 Å². The van der Waals surface area contributed by atoms with Crippen molar-refractivity contribution in [2.75, 3.05) is 0 Å². The lowest BCUT2D eigenvalue weighted by Crippen LogP contribution is -1.97. The van der Waals surface area contributed by atoms with E-state index in [0.717, 1.165) is 11.8 Å². The van der Waals surface area contributed by atoms with E-state index in [9.17, 15) is 4.79 Å². The van der Waals surface area contributed by atoms with Gasteiger partial charge in [0.2, 0.25) is 0 Å². The third-order valence-electron chi connectivity index (χ3n) is 2.23. The molecule has 2 heteroatoms. The Balaban J connectivity index is 2.63. The van der Waals surface area contributed by atoms with Crippen LogP contribution in [0.25, 0.3) is 0 Å². The van der Waals surface area contributed by atoms with Gasteiger partial charge in [-0.2, -0.15) is 0 Å². The molecule has 0 aliphatic carbocycles. The van der Waals surface area contributed by atoms with Gasteiger partial charge in [0.25, 0.3) is 0 Å². The van der Waals surface area contributed by atoms with E-state index in [2.05, 4.69) is 13.8 Å². The molecule has 0 saturated carbocycles. The van der Waals surface area contributed by atoms with E-state index < -0.39 is 0 Å². The first kappa shape index (κ1) is 11.3. The Hall–Kier alpha value is -0.760. The van der Waals surface area contributed by atoms with Crippen molar-refractivity contribution in [2.45, 2.75) is 36.8 Å². The number of thioether (sulfide) groups is 1. The van der Waals surface area contributed by atoms with Gasteiger partial charge in [-0.05, 0) is 25.0 Å². The fraction of sp³-hybridized carbons (Fsp3) is 0.417. The van der Waals surface area contributed by atoms with E-state index in [1.54, 1.807) is 0 Å². The molecule has 0 unspecified atom stereocenters. The van der Waals surface area contributed by atoms with Crippen LogP contribution < -0.4 is 0 Å². The molecule has 1 rings (SSSR count). The van der Waals surface area contributed by atoms with Crippen molar-refractivity contribution < 1.29 is 4.79 Å². The first-order valence-electron chi connectivity index (χ1n) is 5.02. The molecule has 1 aromatic rings. The van der Waals surface area contributed by atoms with Gasteiger partial charge in [-0.15, -0.1) is 11.8 Å². The molecule has 0 fully saturated rings. The van der Waals surface area contributed by atoms with Crippen molar-refractivity contribution in [3.05, 3.63) is 29.8 Å². The van der Waals surface area contributed by atoms with Crippen LogP contribution in [0.3, 0.4) is 0 Å². The summed E-state index contributed by atoms with van der Waals surface area (Å²) in [7, 11) is 0. The smallest absolute Gasteiger partial charge is 0.150 e. The van der Waals surface area contributed by atoms with Crippen molar-refractivity contribution in [1.82, 2.24) is 0 Å². The standard InChI is InChI=1S/C12H16OS/c1-3-11(4-2)14-12-7-5-10(9-13)6-8-12/h5-9,11H,3-4H2,1-2H3. The number of aldehydes is 1. The SMILES string of the molecule is CCC(CC)Sc1ccc(C=O)cc1. The summed E-state index contributed by atoms with van der Waals surface area (Å²) < 4.78 is 0. The number of carbonyl (C=O) groups is 1. The van der Waals surface area contributed by atoms with Gasteiger partial charge in [0, 0.05) is 15.7 Å². The molecule has 0 saturated heterocycles. The molecule has 1 nitrogen and oxygen atoms in total. The van der Waals surface area contributed by atoms with Crippen LogP contribution in [0.2, 0.25) is 0 Å². The van der Waals surface area contributed by atoms with Crippen molar-refractivity contribution in [2.24, 2.45) is 0 Å². The molecule has 1 aromatic carbocycles. The number of carbonyl (C=O) groups excluding carboxylic acids is 1. The fourth-order valence-electron chi connectivity index (χ4n) is 1.27. The summed E-state index contributed by atoms with van der Waals surface area (Å²) in [5.41, 5.74) is 0.749. The summed E-state index contributed by atoms with van der Waals surface area (Å²) in [5, 5.41) is 0.692. The fourth-order valence-corrected chi connectivity index (χ4v) is 2.28. The van der Waals surface area contributed by atoms with Gasteiger partial charge in [-0.3, -0.25) is 4.79 Å². The highest BCUT2D eigenvalue weighted by Gasteiger charge is 2.04. The van der Waals surface area contributed by atoms with Gasteiger partial charge in [-0.25, -0.2) is 0 Å². The van der Waals surface area contributed by atoms with Gasteiger partial charge in [0.05, 0.1) is 0 Å². The van der Waals surface area contributed by atoms with Gasteiger partial charge >= 0.3 is 0 Å². The van der Waals surface area contributed by atoms with Crippen molar-refractivity contribution >= 4 is 18.0 Å². The Bertz CT molecular complexity index is 275. The van der Waals surface area contributed by atoms with Crippen LogP contribution in [0.15, 0.2) is 29.2 Å². The molecule has 0 spiro atoms. The monoisotopic (exact) mass is 208 g/mol. The summed E-state index contributed by atoms with van der Waals surface area (Å²) in [4.78, 5) is 11.7. The zero-order chi connectivity index (χ0) is 10.4. The maximum absolute atomic E-state index is 10.4. The Morgan fingerprint density at radius 1 is 1.21 bits per heavy atom. The topological polar surface area (TPSA) is 17.1 Å². The lowest BCUT2D eigenvalue weighted by Gasteiger charge is -2.11. The van der Waals surface area contributed by atoms with Crippen molar-refractivity contribution in [1.29, 1.82) is 0 Å². The van der Waals surface area contributed by atoms with E-state index in [0.29, 0.717) is 5.25 Å². The Morgan fingerprint density at radius 3 is 2.21 bits per heavy atom. The number of hydrogen-bond acceptors (Lipinski definition) is 2. The second-order valence-corrected chi connectivity index (χ2v) is 4.62. The maximum Gasteiger partial charge on any atom is 0.150 e. The molecule has 0 aromatic heterocycles. The van der Waals surface area contributed by atoms with Gasteiger partial charge in [0.1, 0.15) is 6.29 Å². The van der Waals surface area contributed by atoms with Gasteiger partial charge in [-0.1, -0.05) is 26.0 Å². The Labute approximate surface area is 89.9 Å². The average molecular weight is 208 g/mol. The molecular weight excluding hydrogens is 192 g/mol. The van der Waals surface area contributed by atoms with Crippen LogP contribution >= 0.6 is 11.8 Å². The molecule has 0 heterocycles. The zero-order valence-electron chi connectivity index (χ0n) is 8.69. The van der Waals surface area contributed by atoms with Crippen LogP contribution in [0.5, 0.6) is 0 Å². The maximum atomic E-state index is 10.4. The molecule has 0 aliphatic rings. The molecule has 14 heavy (non-hydrogen) atoms. The minimum absolute atomic E-state index is 0.692. The first-order valence-corrected chi connectivity index (χ1v) is 5.90. The second-order valence-electron chi connectivity index (χ2n) is 3.24. The van der Waals surface area contributed by atoms with E-state index in [-0.39, 0.29) is 0 Å². The minimum atomic E-state index is 0.692. The van der Waals surface area contributed by atoms with E-state index in [4.69, 9.17) is 0 Å². The number of hydrogen-bond donors (Lipinski definition) is 0. The third-order valence-corrected chi connectivity index (χ3v) is 3.77. The molecular formula is C12H16OS. The largest absolute Gasteiger partial charge is 0.298 e. The van der Waals surface area contributed by atoms with Crippen molar-refractivity contribution in [3.8, 4) is 0 Å². The molecule has 0 bridgehead atoms. The minimum Gasteiger partial charge on any atom is -0.298 e. The van der Waals surface area contributed by atoms with Crippen LogP contribution in [-0.2, 0) is 0 Å². The summed E-state index contributed by atoms with van der Waals surface area (Å²) in [5.74, 6) is 0. The van der Waals surface area contributed by atoms with Crippen LogP contribution in [-0.4, -0.2) is 11.5 Å². The first-order chi connectivity index (χ1) is 6.80. The predicted octanol–water partition coefficient (Wildman–Crippen LogP) is 3.78. The van der Waals surface area contributed by atoms with Gasteiger partial charge < -0.3 is 0 Å². The Morgan fingerprint density at radius 2 is 1.79 bits per heavy atom. The number of rotatable bonds is 5. The van der Waals surface area contributed by atoms with E-state index in [1.807, 2.05) is 36.0 Å². The summed E-state index contributed by atoms with van der Waals surface area (Å²) in [6, 6.07) is 7.79. The number of benzene rings is 1. The lowest BCUT2D eigenvalue weighted by atomic mass is 10.2. The lowest BCUT2D eigenvalue weighted by molar-refractivity contribution is 0.112. The zero-order valence-corrected chi connectivity index (χ0v) is 9.51. The highest BCUT2D eigenvalue weighted by atomic mass is 32.2. The molecule has 0 N–H and O–H groups in total. The van der Waals surface area contributed by atoms with Crippen molar-refractivity contribution in [3.63, 3.8) is 0 Å². The molecule has 76 valence electrons. The normalized spacial score (nSPS) is 10.5. The van der Waals surface area contributed by atoms with Crippen LogP contribution in [0.4, 0.5) is 0 Å². The second kappa shape index (κ2) is 5.86.